The predicted octanol–water partition coefficient (Wildman–Crippen LogP) is 4.36. The van der Waals surface area contributed by atoms with Crippen LogP contribution in [-0.2, 0) is 6.18 Å². The van der Waals surface area contributed by atoms with E-state index in [9.17, 15) is 13.2 Å². The maximum absolute atomic E-state index is 12.8. The summed E-state index contributed by atoms with van der Waals surface area (Å²) in [6.45, 7) is 0. The standard InChI is InChI=1S/C15H17ClF3NO/c1-20-9-5-6-10(20)8-11(7-9)21-13-4-2-3-12(14(13)16)15(17,18)19/h2-4,9-11H,5-8H2,1H3/t9-,10+,11?. The Morgan fingerprint density at radius 3 is 2.38 bits per heavy atom. The number of fused-ring (bicyclic) bond motifs is 2. The molecular formula is C15H17ClF3NO. The molecule has 2 saturated heterocycles. The molecule has 1 unspecified atom stereocenters. The predicted molar refractivity (Wildman–Crippen MR) is 74.7 cm³/mol. The molecular weight excluding hydrogens is 303 g/mol. The molecule has 2 bridgehead atoms. The van der Waals surface area contributed by atoms with Crippen LogP contribution in [0.4, 0.5) is 13.2 Å². The molecule has 0 saturated carbocycles. The quantitative estimate of drug-likeness (QED) is 0.803. The second kappa shape index (κ2) is 5.36. The Morgan fingerprint density at radius 1 is 1.19 bits per heavy atom. The van der Waals surface area contributed by atoms with Crippen LogP contribution in [0.1, 0.15) is 31.2 Å². The van der Waals surface area contributed by atoms with Gasteiger partial charge < -0.3 is 9.64 Å². The summed E-state index contributed by atoms with van der Waals surface area (Å²) in [6, 6.07) is 4.77. The average Bonchev–Trinajstić information content (AvgIpc) is 2.62. The molecule has 6 heteroatoms. The van der Waals surface area contributed by atoms with E-state index >= 15 is 0 Å². The van der Waals surface area contributed by atoms with Crippen molar-refractivity contribution in [3.63, 3.8) is 0 Å². The zero-order chi connectivity index (χ0) is 15.2. The molecule has 2 aliphatic rings. The highest BCUT2D eigenvalue weighted by atomic mass is 35.5. The van der Waals surface area contributed by atoms with Gasteiger partial charge in [-0.15, -0.1) is 0 Å². The van der Waals surface area contributed by atoms with E-state index in [1.165, 1.54) is 12.1 Å². The first-order valence-electron chi connectivity index (χ1n) is 7.10. The van der Waals surface area contributed by atoms with Crippen molar-refractivity contribution >= 4 is 11.6 Å². The van der Waals surface area contributed by atoms with Gasteiger partial charge in [0.25, 0.3) is 0 Å². The van der Waals surface area contributed by atoms with E-state index in [2.05, 4.69) is 11.9 Å². The molecule has 1 aromatic rings. The summed E-state index contributed by atoms with van der Waals surface area (Å²) in [5.41, 5.74) is -0.836. The largest absolute Gasteiger partial charge is 0.489 e. The van der Waals surface area contributed by atoms with Gasteiger partial charge in [-0.05, 0) is 44.9 Å². The first-order chi connectivity index (χ1) is 9.86. The van der Waals surface area contributed by atoms with Gasteiger partial charge in [-0.3, -0.25) is 0 Å². The molecule has 2 nitrogen and oxygen atoms in total. The number of alkyl halides is 3. The Hall–Kier alpha value is -0.940. The van der Waals surface area contributed by atoms with Crippen molar-refractivity contribution in [3.05, 3.63) is 28.8 Å². The fraction of sp³-hybridized carbons (Fsp3) is 0.600. The minimum Gasteiger partial charge on any atom is -0.489 e. The molecule has 0 aromatic heterocycles. The molecule has 0 radical (unpaired) electrons. The highest BCUT2D eigenvalue weighted by Crippen LogP contribution is 2.41. The topological polar surface area (TPSA) is 12.5 Å². The third kappa shape index (κ3) is 2.86. The summed E-state index contributed by atoms with van der Waals surface area (Å²) in [4.78, 5) is 2.35. The van der Waals surface area contributed by atoms with E-state index in [-0.39, 0.29) is 16.9 Å². The summed E-state index contributed by atoms with van der Waals surface area (Å²) in [5.74, 6) is 0.139. The maximum atomic E-state index is 12.8. The van der Waals surface area contributed by atoms with Gasteiger partial charge in [-0.25, -0.2) is 0 Å². The van der Waals surface area contributed by atoms with Crippen molar-refractivity contribution < 1.29 is 17.9 Å². The Bertz CT molecular complexity index is 520. The van der Waals surface area contributed by atoms with Crippen LogP contribution in [0.3, 0.4) is 0 Å². The van der Waals surface area contributed by atoms with Crippen LogP contribution in [0.2, 0.25) is 5.02 Å². The van der Waals surface area contributed by atoms with Crippen LogP contribution in [0, 0.1) is 0 Å². The SMILES string of the molecule is CN1[C@@H]2CC[C@H]1CC(Oc1cccc(C(F)(F)F)c1Cl)C2. The van der Waals surface area contributed by atoms with Gasteiger partial charge in [0.1, 0.15) is 11.9 Å². The van der Waals surface area contributed by atoms with Gasteiger partial charge in [0.2, 0.25) is 0 Å². The monoisotopic (exact) mass is 319 g/mol. The van der Waals surface area contributed by atoms with E-state index in [1.54, 1.807) is 0 Å². The Kier molecular flexibility index (Phi) is 3.82. The molecule has 2 fully saturated rings. The number of hydrogen-bond acceptors (Lipinski definition) is 2. The fourth-order valence-corrected chi connectivity index (χ4v) is 3.74. The molecule has 3 atom stereocenters. The Balaban J connectivity index is 1.77. The molecule has 0 N–H and O–H groups in total. The van der Waals surface area contributed by atoms with E-state index in [1.807, 2.05) is 0 Å². The summed E-state index contributed by atoms with van der Waals surface area (Å²) in [7, 11) is 2.11. The summed E-state index contributed by atoms with van der Waals surface area (Å²) in [6.07, 6.45) is -0.546. The van der Waals surface area contributed by atoms with Gasteiger partial charge >= 0.3 is 6.18 Å². The lowest BCUT2D eigenvalue weighted by atomic mass is 10.0. The third-order valence-electron chi connectivity index (χ3n) is 4.62. The van der Waals surface area contributed by atoms with Crippen LogP contribution < -0.4 is 4.74 Å². The highest BCUT2D eigenvalue weighted by Gasteiger charge is 2.40. The number of benzene rings is 1. The van der Waals surface area contributed by atoms with E-state index in [4.69, 9.17) is 16.3 Å². The second-order valence-corrected chi connectivity index (χ2v) is 6.26. The van der Waals surface area contributed by atoms with E-state index < -0.39 is 11.7 Å². The first-order valence-corrected chi connectivity index (χ1v) is 7.48. The summed E-state index contributed by atoms with van der Waals surface area (Å²) < 4.78 is 44.3. The maximum Gasteiger partial charge on any atom is 0.417 e. The molecule has 2 heterocycles. The molecule has 3 rings (SSSR count). The minimum absolute atomic E-state index is 0.0558. The lowest BCUT2D eigenvalue weighted by molar-refractivity contribution is -0.137. The zero-order valence-electron chi connectivity index (χ0n) is 11.7. The molecule has 2 aliphatic heterocycles. The van der Waals surface area contributed by atoms with Crippen molar-refractivity contribution in [2.75, 3.05) is 7.05 Å². The van der Waals surface area contributed by atoms with Crippen molar-refractivity contribution in [2.45, 2.75) is 50.0 Å². The number of rotatable bonds is 2. The third-order valence-corrected chi connectivity index (χ3v) is 5.01. The van der Waals surface area contributed by atoms with Gasteiger partial charge in [0, 0.05) is 12.1 Å². The van der Waals surface area contributed by atoms with Gasteiger partial charge in [-0.2, -0.15) is 13.2 Å². The zero-order valence-corrected chi connectivity index (χ0v) is 12.4. The van der Waals surface area contributed by atoms with Crippen molar-refractivity contribution in [3.8, 4) is 5.75 Å². The van der Waals surface area contributed by atoms with Gasteiger partial charge in [0.05, 0.1) is 10.6 Å². The number of halogens is 4. The molecule has 0 aliphatic carbocycles. The average molecular weight is 320 g/mol. The second-order valence-electron chi connectivity index (χ2n) is 5.88. The van der Waals surface area contributed by atoms with Crippen LogP contribution in [0.15, 0.2) is 18.2 Å². The van der Waals surface area contributed by atoms with Gasteiger partial charge in [0.15, 0.2) is 0 Å². The summed E-state index contributed by atoms with van der Waals surface area (Å²) >= 11 is 5.87. The van der Waals surface area contributed by atoms with E-state index in [0.717, 1.165) is 31.7 Å². The number of piperidine rings is 1. The normalized spacial score (nSPS) is 29.7. The van der Waals surface area contributed by atoms with Gasteiger partial charge in [-0.1, -0.05) is 17.7 Å². The van der Waals surface area contributed by atoms with E-state index in [0.29, 0.717) is 12.1 Å². The number of nitrogens with zero attached hydrogens (tertiary/aromatic N) is 1. The number of hydrogen-bond donors (Lipinski definition) is 0. The molecule has 116 valence electrons. The minimum atomic E-state index is -4.46. The van der Waals surface area contributed by atoms with Crippen LogP contribution in [-0.4, -0.2) is 30.1 Å². The van der Waals surface area contributed by atoms with Crippen molar-refractivity contribution in [1.82, 2.24) is 4.90 Å². The fourth-order valence-electron chi connectivity index (χ4n) is 3.46. The highest BCUT2D eigenvalue weighted by molar-refractivity contribution is 6.32. The first kappa shape index (κ1) is 15.0. The molecule has 1 aromatic carbocycles. The van der Waals surface area contributed by atoms with Crippen LogP contribution in [0.25, 0.3) is 0 Å². The van der Waals surface area contributed by atoms with Crippen LogP contribution >= 0.6 is 11.6 Å². The Morgan fingerprint density at radius 2 is 1.81 bits per heavy atom. The molecule has 0 spiro atoms. The van der Waals surface area contributed by atoms with Crippen molar-refractivity contribution in [1.29, 1.82) is 0 Å². The number of ether oxygens (including phenoxy) is 1. The Labute approximate surface area is 126 Å². The lowest BCUT2D eigenvalue weighted by Gasteiger charge is -2.36. The smallest absolute Gasteiger partial charge is 0.417 e. The van der Waals surface area contributed by atoms with Crippen molar-refractivity contribution in [2.24, 2.45) is 0 Å². The summed E-state index contributed by atoms with van der Waals surface area (Å²) in [5, 5.41) is -0.337. The van der Waals surface area contributed by atoms with Crippen LogP contribution in [0.5, 0.6) is 5.75 Å². The lowest BCUT2D eigenvalue weighted by Crippen LogP contribution is -2.43. The molecule has 0 amide bonds. The molecule has 21 heavy (non-hydrogen) atoms.